The van der Waals surface area contributed by atoms with E-state index in [1.165, 1.54) is 0 Å². The van der Waals surface area contributed by atoms with Crippen molar-refractivity contribution in [1.29, 1.82) is 0 Å². The summed E-state index contributed by atoms with van der Waals surface area (Å²) in [5.41, 5.74) is -1.11. The summed E-state index contributed by atoms with van der Waals surface area (Å²) in [7, 11) is 0. The van der Waals surface area contributed by atoms with E-state index >= 15 is 0 Å². The maximum absolute atomic E-state index is 12.1. The average Bonchev–Trinajstić information content (AvgIpc) is 3.14. The molecule has 19 heavy (non-hydrogen) atoms. The maximum Gasteiger partial charge on any atom is 0.324 e. The van der Waals surface area contributed by atoms with Gasteiger partial charge in [0.05, 0.1) is 13.2 Å². The molecule has 0 aromatic heterocycles. The molecule has 1 aliphatic rings. The Labute approximate surface area is 115 Å². The van der Waals surface area contributed by atoms with Crippen LogP contribution in [0.1, 0.15) is 46.0 Å². The van der Waals surface area contributed by atoms with Crippen LogP contribution in [0.5, 0.6) is 0 Å². The first-order valence-corrected chi connectivity index (χ1v) is 7.10. The normalized spacial score (nSPS) is 24.6. The van der Waals surface area contributed by atoms with E-state index in [0.29, 0.717) is 13.0 Å². The van der Waals surface area contributed by atoms with Crippen molar-refractivity contribution >= 4 is 11.9 Å². The molecule has 0 amide bonds. The van der Waals surface area contributed by atoms with Gasteiger partial charge in [-0.05, 0) is 19.8 Å². The van der Waals surface area contributed by atoms with Crippen LogP contribution in [0.15, 0.2) is 12.7 Å². The lowest BCUT2D eigenvalue weighted by atomic mass is 10.0. The topological polar surface area (TPSA) is 52.6 Å². The van der Waals surface area contributed by atoms with Gasteiger partial charge in [0.1, 0.15) is 0 Å². The highest BCUT2D eigenvalue weighted by Crippen LogP contribution is 2.55. The van der Waals surface area contributed by atoms with Gasteiger partial charge in [0.15, 0.2) is 5.41 Å². The molecule has 0 radical (unpaired) electrons. The van der Waals surface area contributed by atoms with Gasteiger partial charge >= 0.3 is 11.9 Å². The van der Waals surface area contributed by atoms with Crippen LogP contribution in [0.4, 0.5) is 0 Å². The van der Waals surface area contributed by atoms with Crippen LogP contribution in [0.3, 0.4) is 0 Å². The highest BCUT2D eigenvalue weighted by atomic mass is 16.6. The smallest absolute Gasteiger partial charge is 0.324 e. The molecule has 108 valence electrons. The Morgan fingerprint density at radius 3 is 2.42 bits per heavy atom. The Morgan fingerprint density at radius 2 is 1.89 bits per heavy atom. The van der Waals surface area contributed by atoms with Gasteiger partial charge in [-0.3, -0.25) is 9.59 Å². The van der Waals surface area contributed by atoms with E-state index < -0.39 is 17.4 Å². The molecule has 4 heteroatoms. The van der Waals surface area contributed by atoms with Crippen LogP contribution in [0.25, 0.3) is 0 Å². The van der Waals surface area contributed by atoms with Crippen molar-refractivity contribution in [1.82, 2.24) is 0 Å². The lowest BCUT2D eigenvalue weighted by molar-refractivity contribution is -0.165. The number of hydrogen-bond acceptors (Lipinski definition) is 4. The van der Waals surface area contributed by atoms with E-state index in [9.17, 15) is 9.59 Å². The van der Waals surface area contributed by atoms with E-state index in [4.69, 9.17) is 9.47 Å². The Morgan fingerprint density at radius 1 is 1.21 bits per heavy atom. The van der Waals surface area contributed by atoms with Crippen molar-refractivity contribution in [2.24, 2.45) is 11.3 Å². The molecule has 0 bridgehead atoms. The second-order valence-electron chi connectivity index (χ2n) is 4.93. The van der Waals surface area contributed by atoms with Gasteiger partial charge in [-0.15, -0.1) is 6.58 Å². The number of unbranched alkanes of at least 4 members (excludes halogenated alkanes) is 3. The maximum atomic E-state index is 12.1. The standard InChI is InChI=1S/C15H24O4/c1-4-7-8-9-10-19-14(17)15(11-12(15)5-2)13(16)18-6-3/h5,12H,2,4,6-11H2,1,3H3. The third-order valence-corrected chi connectivity index (χ3v) is 3.53. The third kappa shape index (κ3) is 3.58. The predicted molar refractivity (Wildman–Crippen MR) is 72.5 cm³/mol. The summed E-state index contributed by atoms with van der Waals surface area (Å²) >= 11 is 0. The molecule has 4 nitrogen and oxygen atoms in total. The number of carbonyl (C=O) groups excluding carboxylic acids is 2. The molecule has 0 N–H and O–H groups in total. The van der Waals surface area contributed by atoms with Crippen LogP contribution >= 0.6 is 0 Å². The van der Waals surface area contributed by atoms with Crippen molar-refractivity contribution in [3.63, 3.8) is 0 Å². The monoisotopic (exact) mass is 268 g/mol. The second-order valence-corrected chi connectivity index (χ2v) is 4.93. The molecule has 0 spiro atoms. The molecule has 2 atom stereocenters. The van der Waals surface area contributed by atoms with Crippen molar-refractivity contribution in [2.45, 2.75) is 46.0 Å². The predicted octanol–water partition coefficient (Wildman–Crippen LogP) is 2.87. The lowest BCUT2D eigenvalue weighted by Crippen LogP contribution is -2.31. The van der Waals surface area contributed by atoms with Crippen molar-refractivity contribution in [3.8, 4) is 0 Å². The Kier molecular flexibility index (Phi) is 6.06. The molecule has 0 aromatic carbocycles. The Bertz CT molecular complexity index is 337. The van der Waals surface area contributed by atoms with Crippen LogP contribution in [0, 0.1) is 11.3 Å². The number of hydrogen-bond donors (Lipinski definition) is 0. The fourth-order valence-electron chi connectivity index (χ4n) is 2.21. The summed E-state index contributed by atoms with van der Waals surface area (Å²) < 4.78 is 10.2. The van der Waals surface area contributed by atoms with Crippen molar-refractivity contribution in [2.75, 3.05) is 13.2 Å². The zero-order valence-electron chi connectivity index (χ0n) is 11.9. The van der Waals surface area contributed by atoms with Crippen molar-refractivity contribution in [3.05, 3.63) is 12.7 Å². The van der Waals surface area contributed by atoms with Gasteiger partial charge in [-0.1, -0.05) is 32.3 Å². The zero-order valence-corrected chi connectivity index (χ0v) is 11.9. The van der Waals surface area contributed by atoms with Crippen LogP contribution < -0.4 is 0 Å². The van der Waals surface area contributed by atoms with Crippen LogP contribution in [-0.2, 0) is 19.1 Å². The molecule has 1 saturated carbocycles. The average molecular weight is 268 g/mol. The zero-order chi connectivity index (χ0) is 14.3. The highest BCUT2D eigenvalue weighted by Gasteiger charge is 2.66. The SMILES string of the molecule is C=CC1CC1(C(=O)OCC)C(=O)OCCCCCC. The largest absolute Gasteiger partial charge is 0.465 e. The summed E-state index contributed by atoms with van der Waals surface area (Å²) in [5, 5.41) is 0. The number of carbonyl (C=O) groups is 2. The molecule has 1 aliphatic carbocycles. The molecule has 0 aliphatic heterocycles. The number of allylic oxidation sites excluding steroid dienone is 1. The minimum atomic E-state index is -1.11. The van der Waals surface area contributed by atoms with Gasteiger partial charge in [-0.2, -0.15) is 0 Å². The summed E-state index contributed by atoms with van der Waals surface area (Å²) in [6.07, 6.45) is 6.26. The van der Waals surface area contributed by atoms with E-state index in [2.05, 4.69) is 13.5 Å². The molecule has 0 saturated heterocycles. The molecule has 2 unspecified atom stereocenters. The highest BCUT2D eigenvalue weighted by molar-refractivity contribution is 6.04. The molecule has 0 heterocycles. The second kappa shape index (κ2) is 7.31. The lowest BCUT2D eigenvalue weighted by Gasteiger charge is -2.14. The van der Waals surface area contributed by atoms with Gasteiger partial charge in [0, 0.05) is 5.92 Å². The fraction of sp³-hybridized carbons (Fsp3) is 0.733. The summed E-state index contributed by atoms with van der Waals surface area (Å²) in [6, 6.07) is 0. The van der Waals surface area contributed by atoms with Gasteiger partial charge in [0.2, 0.25) is 0 Å². The van der Waals surface area contributed by atoms with Gasteiger partial charge in [-0.25, -0.2) is 0 Å². The summed E-state index contributed by atoms with van der Waals surface area (Å²) in [5.74, 6) is -1.07. The summed E-state index contributed by atoms with van der Waals surface area (Å²) in [4.78, 5) is 24.0. The Hall–Kier alpha value is -1.32. The van der Waals surface area contributed by atoms with Gasteiger partial charge in [0.25, 0.3) is 0 Å². The fourth-order valence-corrected chi connectivity index (χ4v) is 2.21. The van der Waals surface area contributed by atoms with Gasteiger partial charge < -0.3 is 9.47 Å². The molecule has 1 rings (SSSR count). The first-order valence-electron chi connectivity index (χ1n) is 7.10. The minimum absolute atomic E-state index is 0.144. The molecule has 1 fully saturated rings. The molecular formula is C15H24O4. The number of rotatable bonds is 9. The first-order chi connectivity index (χ1) is 9.13. The first kappa shape index (κ1) is 15.7. The van der Waals surface area contributed by atoms with E-state index in [1.54, 1.807) is 13.0 Å². The number of ether oxygens (including phenoxy) is 2. The third-order valence-electron chi connectivity index (χ3n) is 3.53. The van der Waals surface area contributed by atoms with E-state index in [0.717, 1.165) is 25.7 Å². The quantitative estimate of drug-likeness (QED) is 0.279. The van der Waals surface area contributed by atoms with Crippen LogP contribution in [0.2, 0.25) is 0 Å². The van der Waals surface area contributed by atoms with E-state index in [-0.39, 0.29) is 12.5 Å². The summed E-state index contributed by atoms with van der Waals surface area (Å²) in [6.45, 7) is 8.15. The minimum Gasteiger partial charge on any atom is -0.465 e. The Balaban J connectivity index is 2.46. The van der Waals surface area contributed by atoms with E-state index in [1.807, 2.05) is 0 Å². The van der Waals surface area contributed by atoms with Crippen molar-refractivity contribution < 1.29 is 19.1 Å². The van der Waals surface area contributed by atoms with Crippen LogP contribution in [-0.4, -0.2) is 25.2 Å². The number of esters is 2. The molecule has 0 aromatic rings. The molecular weight excluding hydrogens is 244 g/mol.